The Labute approximate surface area is 257 Å². The maximum atomic E-state index is 13.8. The Hall–Kier alpha value is -3.82. The van der Waals surface area contributed by atoms with E-state index < -0.39 is 62.1 Å². The van der Waals surface area contributed by atoms with Gasteiger partial charge in [0, 0.05) is 21.5 Å². The Morgan fingerprint density at radius 2 is 1.60 bits per heavy atom. The number of anilines is 2. The van der Waals surface area contributed by atoms with Crippen molar-refractivity contribution in [2.75, 3.05) is 10.2 Å². The summed E-state index contributed by atoms with van der Waals surface area (Å²) >= 11 is 8.05. The molecule has 2 aliphatic rings. The van der Waals surface area contributed by atoms with E-state index in [0.29, 0.717) is 20.5 Å². The van der Waals surface area contributed by atoms with Gasteiger partial charge >= 0.3 is 4.87 Å². The van der Waals surface area contributed by atoms with Crippen molar-refractivity contribution in [1.82, 2.24) is 4.57 Å². The molecule has 15 heteroatoms. The standard InChI is InChI=1S/C28H20ClFN4O6S3/c29-15-3-1-14(2-4-15)21-22-23(26(37)34(25(22)36)18-9-5-16(30)6-10-18)41-27-24(21)42-28(38)33(27)13-20(35)32-17-7-11-19(12-8-17)43(31,39)40/h1-12,21-23H,13H2,(H,32,35)(H2,31,39,40)/t21-,22-,23+/m0/s1. The van der Waals surface area contributed by atoms with Crippen LogP contribution in [0.15, 0.2) is 87.5 Å². The number of aromatic nitrogens is 1. The summed E-state index contributed by atoms with van der Waals surface area (Å²) in [5, 5.41) is 7.68. The van der Waals surface area contributed by atoms with Gasteiger partial charge in [-0.25, -0.2) is 22.8 Å². The Bertz CT molecular complexity index is 1940. The van der Waals surface area contributed by atoms with Crippen LogP contribution in [0.4, 0.5) is 15.8 Å². The number of imide groups is 1. The van der Waals surface area contributed by atoms with Crippen LogP contribution in [0.3, 0.4) is 0 Å². The van der Waals surface area contributed by atoms with Crippen molar-refractivity contribution in [3.8, 4) is 0 Å². The molecule has 0 saturated carbocycles. The van der Waals surface area contributed by atoms with Crippen molar-refractivity contribution in [3.05, 3.63) is 104 Å². The van der Waals surface area contributed by atoms with Gasteiger partial charge in [-0.3, -0.25) is 23.7 Å². The molecule has 0 radical (unpaired) electrons. The summed E-state index contributed by atoms with van der Waals surface area (Å²) in [4.78, 5) is 54.8. The van der Waals surface area contributed by atoms with Crippen LogP contribution in [-0.2, 0) is 31.0 Å². The number of benzene rings is 3. The molecule has 3 atom stereocenters. The molecular formula is C28H20ClFN4O6S3. The van der Waals surface area contributed by atoms with E-state index in [1.165, 1.54) is 41.0 Å². The lowest BCUT2D eigenvalue weighted by Crippen LogP contribution is -2.33. The molecule has 0 bridgehead atoms. The Kier molecular flexibility index (Phi) is 7.50. The first-order chi connectivity index (χ1) is 20.4. The molecule has 2 aliphatic heterocycles. The molecule has 1 fully saturated rings. The number of carbonyl (C=O) groups excluding carboxylic acids is 3. The molecule has 3 N–H and O–H groups in total. The molecular weight excluding hydrogens is 639 g/mol. The van der Waals surface area contributed by atoms with Gasteiger partial charge < -0.3 is 5.32 Å². The number of nitrogens with one attached hydrogen (secondary N) is 1. The number of thiazole rings is 1. The fourth-order valence-corrected chi connectivity index (χ4v) is 8.62. The van der Waals surface area contributed by atoms with E-state index in [0.717, 1.165) is 40.1 Å². The van der Waals surface area contributed by atoms with E-state index >= 15 is 0 Å². The van der Waals surface area contributed by atoms with Gasteiger partial charge in [-0.05, 0) is 66.2 Å². The molecule has 0 unspecified atom stereocenters. The molecule has 220 valence electrons. The first-order valence-electron chi connectivity index (χ1n) is 12.6. The van der Waals surface area contributed by atoms with Gasteiger partial charge in [0.25, 0.3) is 0 Å². The minimum Gasteiger partial charge on any atom is -0.325 e. The second-order valence-electron chi connectivity index (χ2n) is 9.82. The van der Waals surface area contributed by atoms with E-state index in [1.54, 1.807) is 24.3 Å². The maximum absolute atomic E-state index is 13.8. The summed E-state index contributed by atoms with van der Waals surface area (Å²) in [6.07, 6.45) is 0. The van der Waals surface area contributed by atoms with Gasteiger partial charge in [-0.2, -0.15) is 0 Å². The average molecular weight is 659 g/mol. The molecule has 6 rings (SSSR count). The number of thioether (sulfide) groups is 1. The second-order valence-corrected chi connectivity index (χ2v) is 13.9. The molecule has 10 nitrogen and oxygen atoms in total. The van der Waals surface area contributed by atoms with Crippen molar-refractivity contribution >= 4 is 73.8 Å². The number of fused-ring (bicyclic) bond motifs is 2. The number of primary sulfonamides is 1. The number of carbonyl (C=O) groups is 3. The van der Waals surface area contributed by atoms with E-state index in [-0.39, 0.29) is 16.3 Å². The number of sulfonamides is 1. The first-order valence-corrected chi connectivity index (χ1v) is 16.3. The van der Waals surface area contributed by atoms with Crippen LogP contribution in [-0.4, -0.2) is 36.0 Å². The number of amides is 3. The molecule has 3 aromatic carbocycles. The summed E-state index contributed by atoms with van der Waals surface area (Å²) in [7, 11) is -3.91. The molecule has 0 spiro atoms. The molecule has 3 heterocycles. The highest BCUT2D eigenvalue weighted by molar-refractivity contribution is 8.00. The molecule has 4 aromatic rings. The van der Waals surface area contributed by atoms with Gasteiger partial charge in [-0.15, -0.1) is 0 Å². The number of hydrogen-bond acceptors (Lipinski definition) is 8. The number of hydrogen-bond donors (Lipinski definition) is 2. The Balaban J connectivity index is 1.36. The molecule has 1 aromatic heterocycles. The third-order valence-electron chi connectivity index (χ3n) is 7.13. The molecule has 1 saturated heterocycles. The highest BCUT2D eigenvalue weighted by Crippen LogP contribution is 2.54. The molecule has 43 heavy (non-hydrogen) atoms. The van der Waals surface area contributed by atoms with Crippen LogP contribution in [0.5, 0.6) is 0 Å². The van der Waals surface area contributed by atoms with Crippen molar-refractivity contribution in [2.45, 2.75) is 27.6 Å². The quantitative estimate of drug-likeness (QED) is 0.300. The number of nitrogens with zero attached hydrogens (tertiary/aromatic N) is 2. The predicted molar refractivity (Wildman–Crippen MR) is 160 cm³/mol. The summed E-state index contributed by atoms with van der Waals surface area (Å²) < 4.78 is 37.9. The SMILES string of the molecule is NS(=O)(=O)c1ccc(NC(=O)Cn2c3c(sc2=O)[C@@H](c2ccc(Cl)cc2)[C@@H]2C(=O)N(c4ccc(F)cc4)C(=O)[C@@H]2S3)cc1. The largest absolute Gasteiger partial charge is 0.325 e. The summed E-state index contributed by atoms with van der Waals surface area (Å²) in [5.74, 6) is -3.63. The maximum Gasteiger partial charge on any atom is 0.308 e. The second kappa shape index (κ2) is 11.0. The molecule has 0 aliphatic carbocycles. The van der Waals surface area contributed by atoms with Crippen LogP contribution in [0.1, 0.15) is 16.4 Å². The van der Waals surface area contributed by atoms with Crippen LogP contribution in [0.25, 0.3) is 0 Å². The van der Waals surface area contributed by atoms with Gasteiger partial charge in [0.15, 0.2) is 0 Å². The average Bonchev–Trinajstić information content (AvgIpc) is 3.40. The van der Waals surface area contributed by atoms with Crippen LogP contribution in [0.2, 0.25) is 5.02 Å². The van der Waals surface area contributed by atoms with Crippen molar-refractivity contribution in [1.29, 1.82) is 0 Å². The van der Waals surface area contributed by atoms with E-state index in [4.69, 9.17) is 16.7 Å². The van der Waals surface area contributed by atoms with Crippen molar-refractivity contribution in [2.24, 2.45) is 11.1 Å². The minimum atomic E-state index is -3.91. The highest BCUT2D eigenvalue weighted by Gasteiger charge is 2.56. The number of halogens is 2. The van der Waals surface area contributed by atoms with Gasteiger partial charge in [0.2, 0.25) is 27.7 Å². The first kappa shape index (κ1) is 29.3. The Morgan fingerprint density at radius 3 is 2.23 bits per heavy atom. The van der Waals surface area contributed by atoms with E-state index in [9.17, 15) is 32.0 Å². The lowest BCUT2D eigenvalue weighted by Gasteiger charge is -2.30. The highest BCUT2D eigenvalue weighted by atomic mass is 35.5. The van der Waals surface area contributed by atoms with E-state index in [2.05, 4.69) is 5.32 Å². The van der Waals surface area contributed by atoms with Crippen LogP contribution >= 0.6 is 34.7 Å². The van der Waals surface area contributed by atoms with Gasteiger partial charge in [-0.1, -0.05) is 46.8 Å². The normalized spacial score (nSPS) is 19.7. The van der Waals surface area contributed by atoms with Gasteiger partial charge in [0.1, 0.15) is 17.6 Å². The van der Waals surface area contributed by atoms with Crippen LogP contribution < -0.4 is 20.2 Å². The minimum absolute atomic E-state index is 0.127. The van der Waals surface area contributed by atoms with Crippen molar-refractivity contribution < 1.29 is 27.2 Å². The summed E-state index contributed by atoms with van der Waals surface area (Å²) in [5.41, 5.74) is 1.18. The zero-order valence-corrected chi connectivity index (χ0v) is 25.0. The topological polar surface area (TPSA) is 149 Å². The third-order valence-corrected chi connectivity index (χ3v) is 10.9. The van der Waals surface area contributed by atoms with E-state index in [1.807, 2.05) is 0 Å². The van der Waals surface area contributed by atoms with Gasteiger partial charge in [0.05, 0.1) is 21.5 Å². The smallest absolute Gasteiger partial charge is 0.308 e. The zero-order valence-electron chi connectivity index (χ0n) is 21.8. The number of nitrogens with two attached hydrogens (primary N) is 1. The van der Waals surface area contributed by atoms with Crippen LogP contribution in [0, 0.1) is 11.7 Å². The predicted octanol–water partition coefficient (Wildman–Crippen LogP) is 3.78. The summed E-state index contributed by atoms with van der Waals surface area (Å²) in [6, 6.07) is 17.0. The Morgan fingerprint density at radius 1 is 0.953 bits per heavy atom. The number of rotatable bonds is 6. The fourth-order valence-electron chi connectivity index (χ4n) is 5.20. The zero-order chi connectivity index (χ0) is 30.6. The summed E-state index contributed by atoms with van der Waals surface area (Å²) in [6.45, 7) is -0.400. The molecule has 3 amide bonds. The lowest BCUT2D eigenvalue weighted by atomic mass is 9.83. The lowest BCUT2D eigenvalue weighted by molar-refractivity contribution is -0.122. The third kappa shape index (κ3) is 5.40. The fraction of sp³-hybridized carbons (Fsp3) is 0.143. The van der Waals surface area contributed by atoms with Crippen molar-refractivity contribution in [3.63, 3.8) is 0 Å². The monoisotopic (exact) mass is 658 g/mol.